The Kier molecular flexibility index (Phi) is 5.57. The van der Waals surface area contributed by atoms with Crippen LogP contribution in [0.5, 0.6) is 0 Å². The second-order valence-corrected chi connectivity index (χ2v) is 6.95. The number of aryl methyl sites for hydroxylation is 1. The summed E-state index contributed by atoms with van der Waals surface area (Å²) in [6, 6.07) is 16.5. The average molecular weight is 381 g/mol. The second-order valence-electron chi connectivity index (χ2n) is 5.90. The molecule has 0 fully saturated rings. The largest absolute Gasteiger partial charge is 0.477 e. The number of para-hydroxylation sites is 1. The van der Waals surface area contributed by atoms with Crippen LogP contribution >= 0.6 is 11.3 Å². The predicted octanol–water partition coefficient (Wildman–Crippen LogP) is 5.34. The third-order valence-electron chi connectivity index (χ3n) is 4.00. The van der Waals surface area contributed by atoms with Gasteiger partial charge >= 0.3 is 11.9 Å². The summed E-state index contributed by atoms with van der Waals surface area (Å²) in [5.41, 5.74) is 3.60. The van der Waals surface area contributed by atoms with Gasteiger partial charge in [-0.15, -0.1) is 11.3 Å². The summed E-state index contributed by atoms with van der Waals surface area (Å²) in [6.07, 6.45) is 0. The van der Waals surface area contributed by atoms with Crippen molar-refractivity contribution in [2.75, 3.05) is 11.9 Å². The summed E-state index contributed by atoms with van der Waals surface area (Å²) in [6.45, 7) is 4.01. The molecule has 2 aromatic carbocycles. The topological polar surface area (TPSA) is 75.6 Å². The van der Waals surface area contributed by atoms with Crippen LogP contribution in [-0.4, -0.2) is 23.7 Å². The van der Waals surface area contributed by atoms with Crippen LogP contribution in [0.1, 0.15) is 32.5 Å². The third kappa shape index (κ3) is 4.17. The van der Waals surface area contributed by atoms with E-state index in [1.165, 1.54) is 11.3 Å². The lowest BCUT2D eigenvalue weighted by molar-refractivity contribution is 0.0526. The number of carbonyl (C=O) groups is 2. The minimum absolute atomic E-state index is 0.217. The number of carbonyl (C=O) groups excluding carboxylic acids is 1. The Balaban J connectivity index is 1.98. The number of hydrogen-bond donors (Lipinski definition) is 2. The Morgan fingerprint density at radius 3 is 2.56 bits per heavy atom. The van der Waals surface area contributed by atoms with Crippen LogP contribution in [-0.2, 0) is 4.74 Å². The van der Waals surface area contributed by atoms with Gasteiger partial charge in [-0.2, -0.15) is 0 Å². The zero-order valence-electron chi connectivity index (χ0n) is 15.0. The molecule has 5 nitrogen and oxygen atoms in total. The number of carboxylic acid groups (broad SMARTS) is 1. The number of ether oxygens (including phenoxy) is 1. The smallest absolute Gasteiger partial charge is 0.348 e. The highest BCUT2D eigenvalue weighted by atomic mass is 32.1. The van der Waals surface area contributed by atoms with E-state index in [-0.39, 0.29) is 4.88 Å². The molecule has 0 aliphatic rings. The third-order valence-corrected chi connectivity index (χ3v) is 5.17. The molecule has 0 amide bonds. The predicted molar refractivity (Wildman–Crippen MR) is 107 cm³/mol. The van der Waals surface area contributed by atoms with Gasteiger partial charge in [0.2, 0.25) is 0 Å². The quantitative estimate of drug-likeness (QED) is 0.564. The Morgan fingerprint density at radius 1 is 1.07 bits per heavy atom. The van der Waals surface area contributed by atoms with E-state index in [2.05, 4.69) is 5.32 Å². The molecular weight excluding hydrogens is 362 g/mol. The Morgan fingerprint density at radius 2 is 1.85 bits per heavy atom. The molecule has 27 heavy (non-hydrogen) atoms. The summed E-state index contributed by atoms with van der Waals surface area (Å²) < 4.78 is 5.04. The fourth-order valence-electron chi connectivity index (χ4n) is 2.66. The molecule has 0 spiro atoms. The van der Waals surface area contributed by atoms with Gasteiger partial charge in [-0.05, 0) is 49.2 Å². The summed E-state index contributed by atoms with van der Waals surface area (Å²) in [5.74, 6) is -1.39. The number of benzene rings is 2. The highest BCUT2D eigenvalue weighted by molar-refractivity contribution is 7.18. The highest BCUT2D eigenvalue weighted by Gasteiger charge is 2.18. The maximum absolute atomic E-state index is 12.0. The number of hydrogen-bond acceptors (Lipinski definition) is 5. The van der Waals surface area contributed by atoms with E-state index >= 15 is 0 Å². The van der Waals surface area contributed by atoms with Gasteiger partial charge in [-0.1, -0.05) is 30.3 Å². The number of aromatic carboxylic acids is 1. The molecule has 0 aliphatic carbocycles. The van der Waals surface area contributed by atoms with Crippen molar-refractivity contribution in [2.24, 2.45) is 0 Å². The van der Waals surface area contributed by atoms with Crippen LogP contribution in [0, 0.1) is 6.92 Å². The van der Waals surface area contributed by atoms with E-state index in [9.17, 15) is 14.7 Å². The number of esters is 1. The van der Waals surface area contributed by atoms with Gasteiger partial charge in [0, 0.05) is 10.6 Å². The van der Waals surface area contributed by atoms with Crippen molar-refractivity contribution in [1.82, 2.24) is 0 Å². The molecule has 0 saturated carbocycles. The maximum Gasteiger partial charge on any atom is 0.348 e. The zero-order chi connectivity index (χ0) is 19.4. The van der Waals surface area contributed by atoms with Crippen molar-refractivity contribution < 1.29 is 19.4 Å². The van der Waals surface area contributed by atoms with Crippen molar-refractivity contribution in [2.45, 2.75) is 13.8 Å². The van der Waals surface area contributed by atoms with Crippen molar-refractivity contribution in [3.05, 3.63) is 70.6 Å². The van der Waals surface area contributed by atoms with Crippen molar-refractivity contribution >= 4 is 34.7 Å². The van der Waals surface area contributed by atoms with Gasteiger partial charge in [0.05, 0.1) is 17.9 Å². The van der Waals surface area contributed by atoms with Crippen LogP contribution < -0.4 is 5.32 Å². The molecule has 0 saturated heterocycles. The number of nitrogens with one attached hydrogen (secondary N) is 1. The molecule has 0 bridgehead atoms. The molecule has 0 aliphatic heterocycles. The molecule has 1 aromatic heterocycles. The number of thiophene rings is 1. The number of rotatable bonds is 6. The summed E-state index contributed by atoms with van der Waals surface area (Å²) in [4.78, 5) is 24.6. The van der Waals surface area contributed by atoms with Gasteiger partial charge in [0.25, 0.3) is 0 Å². The van der Waals surface area contributed by atoms with E-state index in [4.69, 9.17) is 4.74 Å². The minimum Gasteiger partial charge on any atom is -0.477 e. The first-order valence-corrected chi connectivity index (χ1v) is 9.28. The zero-order valence-corrected chi connectivity index (χ0v) is 15.8. The maximum atomic E-state index is 12.0. The van der Waals surface area contributed by atoms with Crippen LogP contribution in [0.2, 0.25) is 0 Å². The van der Waals surface area contributed by atoms with Crippen molar-refractivity contribution in [3.63, 3.8) is 0 Å². The normalized spacial score (nSPS) is 10.4. The minimum atomic E-state index is -0.996. The Hall–Kier alpha value is -3.12. The summed E-state index contributed by atoms with van der Waals surface area (Å²) >= 11 is 1.17. The van der Waals surface area contributed by atoms with Crippen LogP contribution in [0.25, 0.3) is 10.4 Å². The van der Waals surface area contributed by atoms with Crippen LogP contribution in [0.4, 0.5) is 11.4 Å². The van der Waals surface area contributed by atoms with Crippen molar-refractivity contribution in [3.8, 4) is 10.4 Å². The van der Waals surface area contributed by atoms with Gasteiger partial charge in [-0.25, -0.2) is 9.59 Å². The van der Waals surface area contributed by atoms with Gasteiger partial charge < -0.3 is 15.2 Å². The van der Waals surface area contributed by atoms with Gasteiger partial charge in [0.15, 0.2) is 0 Å². The molecule has 0 unspecified atom stereocenters. The number of carboxylic acids is 1. The Labute approximate surface area is 161 Å². The second kappa shape index (κ2) is 8.05. The van der Waals surface area contributed by atoms with Crippen LogP contribution in [0.15, 0.2) is 54.6 Å². The van der Waals surface area contributed by atoms with E-state index in [1.807, 2.05) is 37.3 Å². The summed E-state index contributed by atoms with van der Waals surface area (Å²) in [5, 5.41) is 12.8. The van der Waals surface area contributed by atoms with E-state index < -0.39 is 11.9 Å². The first-order chi connectivity index (χ1) is 13.0. The van der Waals surface area contributed by atoms with E-state index in [1.54, 1.807) is 31.2 Å². The van der Waals surface area contributed by atoms with Crippen molar-refractivity contribution in [1.29, 1.82) is 0 Å². The molecule has 3 aromatic rings. The Bertz CT molecular complexity index is 993. The van der Waals surface area contributed by atoms with E-state index in [0.29, 0.717) is 17.9 Å². The van der Waals surface area contributed by atoms with E-state index in [0.717, 1.165) is 21.7 Å². The molecule has 0 atom stereocenters. The fourth-order valence-corrected chi connectivity index (χ4v) is 3.61. The average Bonchev–Trinajstić information content (AvgIpc) is 3.08. The van der Waals surface area contributed by atoms with Gasteiger partial charge in [-0.3, -0.25) is 0 Å². The lowest BCUT2D eigenvalue weighted by atomic mass is 10.1. The standard InChI is InChI=1S/C21H19NO4S/c1-3-26-21(25)15-9-6-8-14(11-15)18-12-17(19(27-18)20(23)24)22-16-10-5-4-7-13(16)2/h4-12,22H,3H2,1-2H3,(H,23,24). The molecule has 2 N–H and O–H groups in total. The first kappa shape index (κ1) is 18.7. The molecule has 138 valence electrons. The summed E-state index contributed by atoms with van der Waals surface area (Å²) in [7, 11) is 0. The van der Waals surface area contributed by atoms with Gasteiger partial charge in [0.1, 0.15) is 4.88 Å². The first-order valence-electron chi connectivity index (χ1n) is 8.47. The molecule has 6 heteroatoms. The lowest BCUT2D eigenvalue weighted by Gasteiger charge is -2.08. The molecule has 0 radical (unpaired) electrons. The van der Waals surface area contributed by atoms with Crippen LogP contribution in [0.3, 0.4) is 0 Å². The SMILES string of the molecule is CCOC(=O)c1cccc(-c2cc(Nc3ccccc3C)c(C(=O)O)s2)c1. The lowest BCUT2D eigenvalue weighted by Crippen LogP contribution is -2.04. The molecular formula is C21H19NO4S. The molecule has 1 heterocycles. The highest BCUT2D eigenvalue weighted by Crippen LogP contribution is 2.37. The molecule has 3 rings (SSSR count). The number of anilines is 2. The monoisotopic (exact) mass is 381 g/mol. The fraction of sp³-hybridized carbons (Fsp3) is 0.143.